The molecule has 4 heterocycles. The normalized spacial score (nSPS) is 10.9. The third-order valence-electron chi connectivity index (χ3n) is 3.19. The lowest BCUT2D eigenvalue weighted by atomic mass is 10.2. The number of halogens is 1. The van der Waals surface area contributed by atoms with Crippen LogP contribution in [0.5, 0.6) is 0 Å². The first-order chi connectivity index (χ1) is 11.7. The molecule has 0 saturated carbocycles. The molecule has 0 saturated heterocycles. The van der Waals surface area contributed by atoms with E-state index in [2.05, 4.69) is 20.1 Å². The minimum absolute atomic E-state index is 0.0792. The maximum Gasteiger partial charge on any atom is 0.300 e. The van der Waals surface area contributed by atoms with Gasteiger partial charge in [0.1, 0.15) is 12.1 Å². The molecule has 4 aromatic rings. The molecule has 0 atom stereocenters. The molecule has 9 heteroatoms. The van der Waals surface area contributed by atoms with Crippen molar-refractivity contribution in [1.82, 2.24) is 24.7 Å². The Balaban J connectivity index is 1.66. The van der Waals surface area contributed by atoms with Crippen molar-refractivity contribution < 1.29 is 9.32 Å². The lowest BCUT2D eigenvalue weighted by Gasteiger charge is -2.01. The van der Waals surface area contributed by atoms with Crippen LogP contribution in [0.2, 0.25) is 4.34 Å². The second-order valence-corrected chi connectivity index (χ2v) is 6.44. The van der Waals surface area contributed by atoms with Gasteiger partial charge in [-0.3, -0.25) is 9.36 Å². The Morgan fingerprint density at radius 3 is 2.92 bits per heavy atom. The van der Waals surface area contributed by atoms with Gasteiger partial charge in [-0.15, -0.1) is 11.3 Å². The zero-order valence-corrected chi connectivity index (χ0v) is 13.5. The molecule has 0 bridgehead atoms. The fraction of sp³-hybridized carbons (Fsp3) is 0. The van der Waals surface area contributed by atoms with Crippen molar-refractivity contribution in [3.63, 3.8) is 0 Å². The van der Waals surface area contributed by atoms with E-state index in [1.54, 1.807) is 53.8 Å². The Bertz CT molecular complexity index is 1010. The number of rotatable bonds is 4. The summed E-state index contributed by atoms with van der Waals surface area (Å²) in [5, 5.41) is 3.87. The van der Waals surface area contributed by atoms with Crippen LogP contribution in [-0.4, -0.2) is 30.5 Å². The van der Waals surface area contributed by atoms with Gasteiger partial charge in [-0.2, -0.15) is 4.98 Å². The summed E-state index contributed by atoms with van der Waals surface area (Å²) < 4.78 is 7.37. The minimum Gasteiger partial charge on any atom is -0.330 e. The van der Waals surface area contributed by atoms with Crippen molar-refractivity contribution >= 4 is 28.7 Å². The largest absolute Gasteiger partial charge is 0.330 e. The van der Waals surface area contributed by atoms with Crippen molar-refractivity contribution in [2.24, 2.45) is 0 Å². The van der Waals surface area contributed by atoms with Crippen LogP contribution in [0, 0.1) is 0 Å². The van der Waals surface area contributed by atoms with Crippen molar-refractivity contribution in [2.75, 3.05) is 0 Å². The lowest BCUT2D eigenvalue weighted by Crippen LogP contribution is -1.99. The van der Waals surface area contributed by atoms with Gasteiger partial charge in [0, 0.05) is 24.2 Å². The van der Waals surface area contributed by atoms with E-state index in [1.807, 2.05) is 0 Å². The highest BCUT2D eigenvalue weighted by Crippen LogP contribution is 2.24. The average molecular weight is 358 g/mol. The van der Waals surface area contributed by atoms with E-state index in [9.17, 15) is 4.79 Å². The van der Waals surface area contributed by atoms with E-state index >= 15 is 0 Å². The van der Waals surface area contributed by atoms with E-state index in [0.29, 0.717) is 26.4 Å². The summed E-state index contributed by atoms with van der Waals surface area (Å²) in [6, 6.07) is 6.80. The number of nitrogens with zero attached hydrogens (tertiary/aromatic N) is 5. The topological polar surface area (TPSA) is 86.7 Å². The molecule has 24 heavy (non-hydrogen) atoms. The number of imidazole rings is 1. The Hall–Kier alpha value is -2.84. The zero-order valence-electron chi connectivity index (χ0n) is 12.0. The molecule has 0 aromatic carbocycles. The van der Waals surface area contributed by atoms with Gasteiger partial charge in [0.2, 0.25) is 5.82 Å². The monoisotopic (exact) mass is 357 g/mol. The van der Waals surface area contributed by atoms with Crippen LogP contribution in [0.4, 0.5) is 0 Å². The van der Waals surface area contributed by atoms with Gasteiger partial charge >= 0.3 is 0 Å². The number of aromatic nitrogens is 5. The third kappa shape index (κ3) is 2.72. The van der Waals surface area contributed by atoms with Crippen molar-refractivity contribution in [3.05, 3.63) is 64.3 Å². The highest BCUT2D eigenvalue weighted by molar-refractivity contribution is 7.18. The molecular weight excluding hydrogens is 350 g/mol. The predicted octanol–water partition coefficient (Wildman–Crippen LogP) is 3.26. The molecule has 0 aliphatic carbocycles. The second kappa shape index (κ2) is 5.99. The number of pyridine rings is 1. The molecule has 4 rings (SSSR count). The molecule has 4 aromatic heterocycles. The summed E-state index contributed by atoms with van der Waals surface area (Å²) >= 11 is 7.01. The summed E-state index contributed by atoms with van der Waals surface area (Å²) in [5.74, 6) is 0.538. The van der Waals surface area contributed by atoms with Gasteiger partial charge in [0.15, 0.2) is 0 Å². The van der Waals surface area contributed by atoms with Crippen LogP contribution in [0.15, 0.2) is 53.7 Å². The SMILES string of the molecule is O=C(c1nc(-c2ccnc(-n3ccnc3)c2)no1)c1ccc(Cl)s1. The van der Waals surface area contributed by atoms with Gasteiger partial charge < -0.3 is 4.52 Å². The number of thiophene rings is 1. The predicted molar refractivity (Wildman–Crippen MR) is 87.4 cm³/mol. The van der Waals surface area contributed by atoms with E-state index in [-0.39, 0.29) is 11.7 Å². The highest BCUT2D eigenvalue weighted by atomic mass is 35.5. The first-order valence-corrected chi connectivity index (χ1v) is 7.98. The van der Waals surface area contributed by atoms with Gasteiger partial charge in [-0.25, -0.2) is 9.97 Å². The average Bonchev–Trinajstić information content (AvgIpc) is 3.35. The second-order valence-electron chi connectivity index (χ2n) is 4.73. The highest BCUT2D eigenvalue weighted by Gasteiger charge is 2.20. The third-order valence-corrected chi connectivity index (χ3v) is 4.42. The summed E-state index contributed by atoms with van der Waals surface area (Å²) in [6.45, 7) is 0. The lowest BCUT2D eigenvalue weighted by molar-refractivity contribution is 0.0998. The Morgan fingerprint density at radius 1 is 1.25 bits per heavy atom. The van der Waals surface area contributed by atoms with Gasteiger partial charge in [-0.1, -0.05) is 16.8 Å². The smallest absolute Gasteiger partial charge is 0.300 e. The minimum atomic E-state index is -0.352. The summed E-state index contributed by atoms with van der Waals surface area (Å²) in [5.41, 5.74) is 0.681. The van der Waals surface area contributed by atoms with Crippen LogP contribution in [0.1, 0.15) is 15.6 Å². The Morgan fingerprint density at radius 2 is 2.17 bits per heavy atom. The molecule has 0 N–H and O–H groups in total. The number of carbonyl (C=O) groups is 1. The number of carbonyl (C=O) groups excluding carboxylic acids is 1. The summed E-state index contributed by atoms with van der Waals surface area (Å²) in [4.78, 5) is 25.1. The van der Waals surface area contributed by atoms with E-state index < -0.39 is 0 Å². The number of ketones is 1. The maximum absolute atomic E-state index is 12.3. The van der Waals surface area contributed by atoms with Crippen LogP contribution < -0.4 is 0 Å². The first kappa shape index (κ1) is 14.7. The van der Waals surface area contributed by atoms with Gasteiger partial charge in [0.25, 0.3) is 11.7 Å². The van der Waals surface area contributed by atoms with Gasteiger partial charge in [-0.05, 0) is 24.3 Å². The molecule has 0 aliphatic heterocycles. The molecule has 0 unspecified atom stereocenters. The van der Waals surface area contributed by atoms with Crippen molar-refractivity contribution in [2.45, 2.75) is 0 Å². The first-order valence-electron chi connectivity index (χ1n) is 6.79. The summed E-state index contributed by atoms with van der Waals surface area (Å²) in [7, 11) is 0. The standard InChI is InChI=1S/C15H8ClN5O2S/c16-11-2-1-10(24-11)13(22)15-19-14(20-23-15)9-3-4-18-12(7-9)21-6-5-17-8-21/h1-8H. The fourth-order valence-corrected chi connectivity index (χ4v) is 3.04. The molecule has 0 fully saturated rings. The number of hydrogen-bond donors (Lipinski definition) is 0. The molecule has 118 valence electrons. The molecule has 0 radical (unpaired) electrons. The van der Waals surface area contributed by atoms with E-state index in [4.69, 9.17) is 16.1 Å². The van der Waals surface area contributed by atoms with Crippen molar-refractivity contribution in [1.29, 1.82) is 0 Å². The maximum atomic E-state index is 12.3. The molecule has 0 spiro atoms. The Labute approximate surface area is 144 Å². The van der Waals surface area contributed by atoms with E-state index in [1.165, 1.54) is 0 Å². The quantitative estimate of drug-likeness (QED) is 0.521. The fourth-order valence-electron chi connectivity index (χ4n) is 2.07. The molecule has 7 nitrogen and oxygen atoms in total. The number of hydrogen-bond acceptors (Lipinski definition) is 7. The van der Waals surface area contributed by atoms with Crippen LogP contribution in [0.25, 0.3) is 17.2 Å². The molecular formula is C15H8ClN5O2S. The Kier molecular flexibility index (Phi) is 3.68. The van der Waals surface area contributed by atoms with Crippen molar-refractivity contribution in [3.8, 4) is 17.2 Å². The van der Waals surface area contributed by atoms with Crippen LogP contribution in [-0.2, 0) is 0 Å². The molecule has 0 aliphatic rings. The van der Waals surface area contributed by atoms with Gasteiger partial charge in [0.05, 0.1) is 9.21 Å². The zero-order chi connectivity index (χ0) is 16.5. The van der Waals surface area contributed by atoms with Crippen LogP contribution >= 0.6 is 22.9 Å². The molecule has 0 amide bonds. The van der Waals surface area contributed by atoms with Crippen LogP contribution in [0.3, 0.4) is 0 Å². The van der Waals surface area contributed by atoms with E-state index in [0.717, 1.165) is 11.3 Å². The summed E-state index contributed by atoms with van der Waals surface area (Å²) in [6.07, 6.45) is 6.70.